The van der Waals surface area contributed by atoms with Crippen LogP contribution in [-0.4, -0.2) is 27.1 Å². The van der Waals surface area contributed by atoms with Crippen molar-refractivity contribution >= 4 is 5.97 Å². The number of aromatic nitrogens is 3. The van der Waals surface area contributed by atoms with Gasteiger partial charge in [0.2, 0.25) is 0 Å². The number of nitrogens with zero attached hydrogens (tertiary/aromatic N) is 3. The Morgan fingerprint density at radius 3 is 2.74 bits per heavy atom. The van der Waals surface area contributed by atoms with Crippen LogP contribution in [0.4, 0.5) is 0 Å². The molecule has 0 amide bonds. The largest absolute Gasteiger partial charge is 0.466 e. The van der Waals surface area contributed by atoms with Crippen LogP contribution in [0.25, 0.3) is 0 Å². The van der Waals surface area contributed by atoms with Crippen molar-refractivity contribution in [1.82, 2.24) is 14.5 Å². The van der Waals surface area contributed by atoms with Gasteiger partial charge in [0.15, 0.2) is 0 Å². The van der Waals surface area contributed by atoms with Gasteiger partial charge in [0, 0.05) is 36.1 Å². The van der Waals surface area contributed by atoms with Crippen molar-refractivity contribution in [2.75, 3.05) is 6.61 Å². The number of aryl methyl sites for hydroxylation is 3. The summed E-state index contributed by atoms with van der Waals surface area (Å²) < 4.78 is 6.52. The van der Waals surface area contributed by atoms with E-state index in [1.807, 2.05) is 18.2 Å². The zero-order chi connectivity index (χ0) is 16.8. The molecule has 0 aromatic carbocycles. The van der Waals surface area contributed by atoms with Crippen molar-refractivity contribution in [1.29, 1.82) is 0 Å². The highest BCUT2D eigenvalue weighted by atomic mass is 16.5. The predicted molar refractivity (Wildman–Crippen MR) is 86.2 cm³/mol. The molecule has 0 bridgehead atoms. The third kappa shape index (κ3) is 4.25. The number of rotatable bonds is 6. The Morgan fingerprint density at radius 1 is 1.30 bits per heavy atom. The second-order valence-electron chi connectivity index (χ2n) is 5.23. The highest BCUT2D eigenvalue weighted by molar-refractivity contribution is 5.72. The Morgan fingerprint density at radius 2 is 2.09 bits per heavy atom. The summed E-state index contributed by atoms with van der Waals surface area (Å²) in [7, 11) is 0. The molecule has 2 aromatic rings. The average molecular weight is 315 g/mol. The molecule has 0 spiro atoms. The molecule has 0 unspecified atom stereocenters. The maximum Gasteiger partial charge on any atom is 0.310 e. The third-order valence-electron chi connectivity index (χ3n) is 3.60. The van der Waals surface area contributed by atoms with E-state index in [2.05, 4.69) is 9.97 Å². The molecular formula is C17H21N3O3. The Hall–Kier alpha value is -2.50. The van der Waals surface area contributed by atoms with E-state index >= 15 is 0 Å². The van der Waals surface area contributed by atoms with Crippen molar-refractivity contribution < 1.29 is 9.53 Å². The lowest BCUT2D eigenvalue weighted by atomic mass is 10.1. The van der Waals surface area contributed by atoms with Crippen LogP contribution in [0.15, 0.2) is 29.2 Å². The molecule has 0 aliphatic carbocycles. The van der Waals surface area contributed by atoms with Gasteiger partial charge in [-0.05, 0) is 32.9 Å². The third-order valence-corrected chi connectivity index (χ3v) is 3.60. The number of hydrogen-bond acceptors (Lipinski definition) is 5. The van der Waals surface area contributed by atoms with Gasteiger partial charge in [0.25, 0.3) is 5.56 Å². The maximum absolute atomic E-state index is 12.7. The van der Waals surface area contributed by atoms with Crippen molar-refractivity contribution in [2.24, 2.45) is 0 Å². The molecule has 0 aliphatic heterocycles. The van der Waals surface area contributed by atoms with Crippen molar-refractivity contribution in [3.63, 3.8) is 0 Å². The van der Waals surface area contributed by atoms with Crippen LogP contribution in [0, 0.1) is 13.8 Å². The van der Waals surface area contributed by atoms with Gasteiger partial charge in [-0.15, -0.1) is 0 Å². The highest BCUT2D eigenvalue weighted by Crippen LogP contribution is 2.05. The van der Waals surface area contributed by atoms with E-state index in [-0.39, 0.29) is 12.0 Å². The van der Waals surface area contributed by atoms with Crippen LogP contribution >= 0.6 is 0 Å². The van der Waals surface area contributed by atoms with Gasteiger partial charge >= 0.3 is 5.97 Å². The fourth-order valence-electron chi connectivity index (χ4n) is 2.43. The van der Waals surface area contributed by atoms with Crippen molar-refractivity contribution in [3.05, 3.63) is 57.5 Å². The van der Waals surface area contributed by atoms with Gasteiger partial charge in [-0.25, -0.2) is 4.98 Å². The zero-order valence-corrected chi connectivity index (χ0v) is 13.7. The molecule has 2 heterocycles. The van der Waals surface area contributed by atoms with Gasteiger partial charge in [-0.2, -0.15) is 0 Å². The zero-order valence-electron chi connectivity index (χ0n) is 13.7. The lowest BCUT2D eigenvalue weighted by Crippen LogP contribution is -2.30. The van der Waals surface area contributed by atoms with Crippen molar-refractivity contribution in [2.45, 2.75) is 40.2 Å². The summed E-state index contributed by atoms with van der Waals surface area (Å²) in [4.78, 5) is 33.0. The lowest BCUT2D eigenvalue weighted by molar-refractivity contribution is -0.142. The van der Waals surface area contributed by atoms with E-state index in [1.165, 1.54) is 0 Å². The van der Waals surface area contributed by atoms with Gasteiger partial charge in [-0.3, -0.25) is 19.1 Å². The summed E-state index contributed by atoms with van der Waals surface area (Å²) in [6.07, 6.45) is 2.31. The van der Waals surface area contributed by atoms with E-state index in [0.29, 0.717) is 36.7 Å². The first-order chi connectivity index (χ1) is 11.0. The molecule has 2 aromatic heterocycles. The molecule has 0 atom stereocenters. The Kier molecular flexibility index (Phi) is 5.62. The van der Waals surface area contributed by atoms with Crippen LogP contribution in [0.1, 0.15) is 29.7 Å². The van der Waals surface area contributed by atoms with Crippen LogP contribution < -0.4 is 5.56 Å². The fourth-order valence-corrected chi connectivity index (χ4v) is 2.43. The Labute approximate surface area is 135 Å². The van der Waals surface area contributed by atoms with Crippen molar-refractivity contribution in [3.8, 4) is 0 Å². The Balaban J connectivity index is 2.25. The molecular weight excluding hydrogens is 294 g/mol. The van der Waals surface area contributed by atoms with E-state index in [4.69, 9.17) is 4.74 Å². The summed E-state index contributed by atoms with van der Waals surface area (Å²) in [6, 6.07) is 5.69. The fraction of sp³-hybridized carbons (Fsp3) is 0.412. The topological polar surface area (TPSA) is 74.1 Å². The minimum Gasteiger partial charge on any atom is -0.466 e. The smallest absolute Gasteiger partial charge is 0.310 e. The molecule has 23 heavy (non-hydrogen) atoms. The molecule has 0 aliphatic rings. The number of carbonyl (C=O) groups is 1. The van der Waals surface area contributed by atoms with E-state index in [9.17, 15) is 9.59 Å². The van der Waals surface area contributed by atoms with Crippen LogP contribution in [0.2, 0.25) is 0 Å². The van der Waals surface area contributed by atoms with Crippen LogP contribution in [0.5, 0.6) is 0 Å². The predicted octanol–water partition coefficient (Wildman–Crippen LogP) is 1.60. The van der Waals surface area contributed by atoms with Gasteiger partial charge in [-0.1, -0.05) is 6.07 Å². The molecule has 2 rings (SSSR count). The lowest BCUT2D eigenvalue weighted by Gasteiger charge is -2.13. The standard InChI is InChI=1S/C17H21N3O3/c1-4-23-16(21)11-15-12(2)19-13(3)20(17(15)22)10-8-14-7-5-6-9-18-14/h5-7,9H,4,8,10-11H2,1-3H3. The van der Waals surface area contributed by atoms with Gasteiger partial charge in [0.1, 0.15) is 5.82 Å². The normalized spacial score (nSPS) is 10.6. The average Bonchev–Trinajstić information content (AvgIpc) is 2.52. The molecule has 6 nitrogen and oxygen atoms in total. The van der Waals surface area contributed by atoms with Crippen LogP contribution in [0.3, 0.4) is 0 Å². The summed E-state index contributed by atoms with van der Waals surface area (Å²) in [6.45, 7) is 6.05. The second-order valence-corrected chi connectivity index (χ2v) is 5.23. The number of pyridine rings is 1. The molecule has 0 saturated carbocycles. The quantitative estimate of drug-likeness (QED) is 0.757. The Bertz CT molecular complexity index is 739. The number of hydrogen-bond donors (Lipinski definition) is 0. The monoisotopic (exact) mass is 315 g/mol. The molecule has 0 saturated heterocycles. The van der Waals surface area contributed by atoms with E-state index in [0.717, 1.165) is 5.69 Å². The van der Waals surface area contributed by atoms with E-state index in [1.54, 1.807) is 31.5 Å². The summed E-state index contributed by atoms with van der Waals surface area (Å²) in [5.74, 6) is 0.227. The maximum atomic E-state index is 12.7. The molecule has 0 radical (unpaired) electrons. The molecule has 6 heteroatoms. The SMILES string of the molecule is CCOC(=O)Cc1c(C)nc(C)n(CCc2ccccn2)c1=O. The summed E-state index contributed by atoms with van der Waals surface area (Å²) >= 11 is 0. The van der Waals surface area contributed by atoms with E-state index < -0.39 is 5.97 Å². The number of esters is 1. The minimum atomic E-state index is -0.408. The molecule has 0 N–H and O–H groups in total. The minimum absolute atomic E-state index is 0.0463. The molecule has 122 valence electrons. The number of ether oxygens (including phenoxy) is 1. The summed E-state index contributed by atoms with van der Waals surface area (Å²) in [5, 5.41) is 0. The molecule has 0 fully saturated rings. The first-order valence-electron chi connectivity index (χ1n) is 7.65. The highest BCUT2D eigenvalue weighted by Gasteiger charge is 2.16. The first kappa shape index (κ1) is 16.9. The summed E-state index contributed by atoms with van der Waals surface area (Å²) in [5.41, 5.74) is 1.70. The first-order valence-corrected chi connectivity index (χ1v) is 7.65. The van der Waals surface area contributed by atoms with Gasteiger partial charge < -0.3 is 4.74 Å². The van der Waals surface area contributed by atoms with Crippen LogP contribution in [-0.2, 0) is 28.9 Å². The number of carbonyl (C=O) groups excluding carboxylic acids is 1. The second kappa shape index (κ2) is 7.67. The van der Waals surface area contributed by atoms with Gasteiger partial charge in [0.05, 0.1) is 13.0 Å².